The van der Waals surface area contributed by atoms with Gasteiger partial charge in [0.25, 0.3) is 0 Å². The van der Waals surface area contributed by atoms with E-state index in [1.807, 2.05) is 0 Å². The van der Waals surface area contributed by atoms with Crippen LogP contribution in [0.1, 0.15) is 122 Å². The zero-order valence-electron chi connectivity index (χ0n) is 47.1. The summed E-state index contributed by atoms with van der Waals surface area (Å²) < 4.78 is 0. The molecule has 0 aliphatic rings. The lowest BCUT2D eigenvalue weighted by Gasteiger charge is -2.28. The molecule has 1 heterocycles. The van der Waals surface area contributed by atoms with Crippen molar-refractivity contribution in [2.45, 2.75) is 183 Å². The molecular formula is C53H92N16O13. The number of H-pyrrole nitrogens is 1. The number of benzene rings is 1. The summed E-state index contributed by atoms with van der Waals surface area (Å²) in [5.41, 5.74) is 41.0. The highest BCUT2D eigenvalue weighted by atomic mass is 16.4. The second kappa shape index (κ2) is 39.6. The molecule has 2 aromatic rings. The van der Waals surface area contributed by atoms with E-state index in [4.69, 9.17) is 40.1 Å². The minimum Gasteiger partial charge on any atom is -0.480 e. The summed E-state index contributed by atoms with van der Waals surface area (Å²) in [6, 6.07) is -5.70. The number of nitrogens with one attached hydrogen (secondary N) is 9. The summed E-state index contributed by atoms with van der Waals surface area (Å²) in [6.45, 7) is 1.47. The van der Waals surface area contributed by atoms with Crippen LogP contribution in [-0.2, 0) is 54.4 Å². The number of carbonyl (C=O) groups excluding carboxylic acids is 9. The average molecular weight is 1160 g/mol. The quantitative estimate of drug-likeness (QED) is 0.0277. The normalized spacial score (nSPS) is 14.9. The number of aliphatic carboxylic acids is 1. The number of nitrogens with two attached hydrogens (primary N) is 7. The molecule has 0 saturated carbocycles. The van der Waals surface area contributed by atoms with Crippen LogP contribution in [0.15, 0.2) is 30.5 Å². The monoisotopic (exact) mass is 1160 g/mol. The predicted octanol–water partition coefficient (Wildman–Crippen LogP) is -4.72. The molecule has 1 aromatic carbocycles. The largest absolute Gasteiger partial charge is 0.480 e. The Morgan fingerprint density at radius 2 is 0.866 bits per heavy atom. The van der Waals surface area contributed by atoms with Gasteiger partial charge in [-0.1, -0.05) is 24.6 Å². The van der Waals surface area contributed by atoms with Gasteiger partial charge in [-0.3, -0.25) is 43.2 Å². The number of primary amides is 1. The summed E-state index contributed by atoms with van der Waals surface area (Å²) in [6.07, 6.45) is 3.75. The van der Waals surface area contributed by atoms with Crippen LogP contribution in [0.25, 0.3) is 10.9 Å². The van der Waals surface area contributed by atoms with Crippen LogP contribution in [0.5, 0.6) is 0 Å². The number of aliphatic hydroxyl groups excluding tert-OH is 2. The summed E-state index contributed by atoms with van der Waals surface area (Å²) >= 11 is 0. The third-order valence-electron chi connectivity index (χ3n) is 13.5. The zero-order chi connectivity index (χ0) is 61.1. The second-order valence-electron chi connectivity index (χ2n) is 20.3. The molecule has 0 saturated heterocycles. The minimum atomic E-state index is -1.82. The van der Waals surface area contributed by atoms with Gasteiger partial charge >= 0.3 is 5.97 Å². The lowest BCUT2D eigenvalue weighted by atomic mass is 10.0. The van der Waals surface area contributed by atoms with E-state index in [0.29, 0.717) is 80.9 Å². The van der Waals surface area contributed by atoms with Gasteiger partial charge in [0.05, 0.1) is 18.8 Å². The van der Waals surface area contributed by atoms with Crippen molar-refractivity contribution >= 4 is 70.0 Å². The first-order chi connectivity index (χ1) is 39.2. The first kappa shape index (κ1) is 71.2. The molecule has 0 unspecified atom stereocenters. The minimum absolute atomic E-state index is 0.0501. The fraction of sp³-hybridized carbons (Fsp3) is 0.660. The lowest BCUT2D eigenvalue weighted by Crippen LogP contribution is -2.62. The smallest absolute Gasteiger partial charge is 0.326 e. The molecule has 9 amide bonds. The molecule has 0 fully saturated rings. The Labute approximate surface area is 478 Å². The molecule has 1 aromatic heterocycles. The van der Waals surface area contributed by atoms with E-state index in [1.165, 1.54) is 0 Å². The summed E-state index contributed by atoms with van der Waals surface area (Å²) in [5, 5.41) is 52.1. The number of aromatic amines is 1. The van der Waals surface area contributed by atoms with E-state index in [1.54, 1.807) is 30.5 Å². The highest BCUT2D eigenvalue weighted by Crippen LogP contribution is 2.20. The van der Waals surface area contributed by atoms with Gasteiger partial charge in [0.1, 0.15) is 48.3 Å². The fourth-order valence-corrected chi connectivity index (χ4v) is 8.71. The van der Waals surface area contributed by atoms with Gasteiger partial charge in [-0.05, 0) is 148 Å². The van der Waals surface area contributed by atoms with Crippen molar-refractivity contribution in [1.29, 1.82) is 0 Å². The molecule has 29 heteroatoms. The zero-order valence-corrected chi connectivity index (χ0v) is 47.1. The van der Waals surface area contributed by atoms with Crippen LogP contribution >= 0.6 is 0 Å². The number of unbranched alkanes of at least 4 members (excludes halogenated alkanes) is 5. The Kier molecular flexibility index (Phi) is 34.4. The Bertz CT molecular complexity index is 2340. The van der Waals surface area contributed by atoms with Crippen LogP contribution in [-0.4, -0.2) is 179 Å². The van der Waals surface area contributed by atoms with Crippen molar-refractivity contribution in [2.24, 2.45) is 40.1 Å². The van der Waals surface area contributed by atoms with Gasteiger partial charge < -0.3 is 103 Å². The van der Waals surface area contributed by atoms with Gasteiger partial charge in [0.2, 0.25) is 53.2 Å². The molecule has 0 aliphatic heterocycles. The number of hydrogen-bond donors (Lipinski definition) is 19. The highest BCUT2D eigenvalue weighted by Gasteiger charge is 2.36. The molecule has 0 spiro atoms. The number of carbonyl (C=O) groups is 10. The van der Waals surface area contributed by atoms with Crippen LogP contribution < -0.4 is 82.7 Å². The van der Waals surface area contributed by atoms with Gasteiger partial charge in [-0.25, -0.2) is 4.79 Å². The van der Waals surface area contributed by atoms with E-state index in [2.05, 4.69) is 47.5 Å². The SMILES string of the molecule is C[C@@H](O)[C@H](NC(=O)[C@H](CCCCN)NC(=O)[C@H](CCC(N)=O)NC(=O)[C@@H](N)CCCCN)C(=O)N[C@@H](CO)C(=O)N[C@@H](CCCCN)C(=O)N[C@@H](Cc1c[nH]c2ccccc12)C(=O)N[C@@H](CCCCN)C(=O)N[C@@H](CCCCN)C(=O)O. The molecule has 462 valence electrons. The van der Waals surface area contributed by atoms with Crippen LogP contribution in [0.2, 0.25) is 0 Å². The molecule has 29 nitrogen and oxygen atoms in total. The Morgan fingerprint density at radius 1 is 0.488 bits per heavy atom. The summed E-state index contributed by atoms with van der Waals surface area (Å²) in [7, 11) is 0. The maximum absolute atomic E-state index is 14.5. The van der Waals surface area contributed by atoms with Gasteiger partial charge in [0, 0.05) is 29.9 Å². The lowest BCUT2D eigenvalue weighted by molar-refractivity contribution is -0.142. The maximum Gasteiger partial charge on any atom is 0.326 e. The molecule has 0 aliphatic carbocycles. The van der Waals surface area contributed by atoms with E-state index in [-0.39, 0.29) is 83.8 Å². The summed E-state index contributed by atoms with van der Waals surface area (Å²) in [5.74, 6) is -9.41. The van der Waals surface area contributed by atoms with Crippen molar-refractivity contribution in [2.75, 3.05) is 39.3 Å². The Balaban J connectivity index is 2.44. The number of carboxylic acid groups (broad SMARTS) is 1. The number of aromatic nitrogens is 1. The van der Waals surface area contributed by atoms with Gasteiger partial charge in [-0.2, -0.15) is 0 Å². The van der Waals surface area contributed by atoms with Gasteiger partial charge in [-0.15, -0.1) is 0 Å². The van der Waals surface area contributed by atoms with E-state index in [9.17, 15) is 63.3 Å². The molecule has 10 atom stereocenters. The van der Waals surface area contributed by atoms with Crippen LogP contribution in [0.3, 0.4) is 0 Å². The van der Waals surface area contributed by atoms with E-state index < -0.39 is 126 Å². The molecule has 0 bridgehead atoms. The van der Waals surface area contributed by atoms with Crippen molar-refractivity contribution in [1.82, 2.24) is 47.5 Å². The number of para-hydroxylation sites is 1. The number of fused-ring (bicyclic) bond motifs is 1. The van der Waals surface area contributed by atoms with Crippen LogP contribution in [0.4, 0.5) is 0 Å². The van der Waals surface area contributed by atoms with Crippen molar-refractivity contribution in [3.05, 3.63) is 36.0 Å². The fourth-order valence-electron chi connectivity index (χ4n) is 8.71. The van der Waals surface area contributed by atoms with Crippen molar-refractivity contribution in [3.8, 4) is 0 Å². The standard InChI is InChI=1S/C53H92N16O13/c1-31(71)44(69-49(77)38(19-7-12-26-57)63-48(76)39(21-22-43(60)72)62-45(73)34(59)15-4-9-23-54)52(80)68-42(30-70)51(79)65-37(18-6-11-25-56)47(75)67-41(28-32-29-61-35-16-3-2-14-33(32)35)50(78)64-36(17-5-10-24-55)46(74)66-40(53(81)82)20-8-13-27-58/h2-3,14,16,29,31,34,36-42,44,61,70-71H,4-13,15,17-28,30,54-59H2,1H3,(H2,60,72)(H,62,73)(H,63,76)(H,64,78)(H,65,79)(H,66,74)(H,67,75)(H,68,80)(H,69,77)(H,81,82)/t31-,34+,36+,37+,38+,39+,40+,41+,42+,44+/m1/s1. The van der Waals surface area contributed by atoms with Gasteiger partial charge in [0.15, 0.2) is 0 Å². The first-order valence-corrected chi connectivity index (χ1v) is 28.2. The molecule has 0 radical (unpaired) electrons. The molecular weight excluding hydrogens is 1070 g/mol. The number of rotatable bonds is 44. The van der Waals surface area contributed by atoms with E-state index >= 15 is 0 Å². The number of amides is 9. The number of aliphatic hydroxyl groups is 2. The first-order valence-electron chi connectivity index (χ1n) is 28.2. The molecule has 82 heavy (non-hydrogen) atoms. The molecule has 26 N–H and O–H groups in total. The Hall–Kier alpha value is -6.86. The Morgan fingerprint density at radius 3 is 1.32 bits per heavy atom. The molecule has 2 rings (SSSR count). The van der Waals surface area contributed by atoms with E-state index in [0.717, 1.165) is 6.92 Å². The maximum atomic E-state index is 14.5. The third kappa shape index (κ3) is 25.9. The van der Waals surface area contributed by atoms with Crippen molar-refractivity contribution < 1.29 is 63.3 Å². The third-order valence-corrected chi connectivity index (χ3v) is 13.5. The average Bonchev–Trinajstić information content (AvgIpc) is 3.86. The highest BCUT2D eigenvalue weighted by molar-refractivity contribution is 5.98. The van der Waals surface area contributed by atoms with Crippen molar-refractivity contribution in [3.63, 3.8) is 0 Å². The topological polar surface area (TPSA) is 526 Å². The number of hydrogen-bond acceptors (Lipinski definition) is 18. The second-order valence-corrected chi connectivity index (χ2v) is 20.3. The predicted molar refractivity (Wildman–Crippen MR) is 305 cm³/mol. The van der Waals surface area contributed by atoms with Crippen LogP contribution in [0, 0.1) is 0 Å². The summed E-state index contributed by atoms with van der Waals surface area (Å²) in [4.78, 5) is 138. The number of carboxylic acids is 1.